The van der Waals surface area contributed by atoms with E-state index in [0.717, 1.165) is 17.8 Å². The number of hydrogen-bond acceptors (Lipinski definition) is 2. The van der Waals surface area contributed by atoms with E-state index in [1.165, 1.54) is 6.07 Å². The first kappa shape index (κ1) is 19.8. The summed E-state index contributed by atoms with van der Waals surface area (Å²) in [7, 11) is 0. The Balaban J connectivity index is 1.49. The standard InChI is InChI=1S/C21H23F2N3O2/c1-14(16-7-8-18(22)19(23)13-16)24-20(27)15-9-11-26(12-10-15)21(28)25-17-5-3-2-4-6-17/h2-8,13-15H,9-12H2,1H3,(H,24,27)(H,25,28). The molecule has 148 valence electrons. The fraction of sp³-hybridized carbons (Fsp3) is 0.333. The Morgan fingerprint density at radius 2 is 1.71 bits per heavy atom. The highest BCUT2D eigenvalue weighted by atomic mass is 19.2. The molecule has 3 amide bonds. The molecule has 1 atom stereocenters. The molecule has 0 radical (unpaired) electrons. The summed E-state index contributed by atoms with van der Waals surface area (Å²) in [6, 6.07) is 12.2. The number of nitrogens with one attached hydrogen (secondary N) is 2. The van der Waals surface area contributed by atoms with E-state index in [1.54, 1.807) is 11.8 Å². The van der Waals surface area contributed by atoms with Gasteiger partial charge in [0.15, 0.2) is 11.6 Å². The lowest BCUT2D eigenvalue weighted by Crippen LogP contribution is -2.44. The van der Waals surface area contributed by atoms with Crippen LogP contribution in [0.2, 0.25) is 0 Å². The van der Waals surface area contributed by atoms with Crippen LogP contribution in [0.4, 0.5) is 19.3 Å². The Kier molecular flexibility index (Phi) is 6.23. The fourth-order valence-electron chi connectivity index (χ4n) is 3.27. The van der Waals surface area contributed by atoms with Gasteiger partial charge in [-0.2, -0.15) is 0 Å². The topological polar surface area (TPSA) is 61.4 Å². The van der Waals surface area contributed by atoms with Crippen LogP contribution in [-0.2, 0) is 4.79 Å². The predicted molar refractivity (Wildman–Crippen MR) is 103 cm³/mol. The highest BCUT2D eigenvalue weighted by Crippen LogP contribution is 2.21. The molecule has 5 nitrogen and oxygen atoms in total. The third-order valence-electron chi connectivity index (χ3n) is 4.98. The van der Waals surface area contributed by atoms with Crippen LogP contribution < -0.4 is 10.6 Å². The molecule has 1 fully saturated rings. The molecule has 1 saturated heterocycles. The quantitative estimate of drug-likeness (QED) is 0.830. The van der Waals surface area contributed by atoms with Gasteiger partial charge in [-0.1, -0.05) is 24.3 Å². The maximum atomic E-state index is 13.4. The minimum Gasteiger partial charge on any atom is -0.349 e. The molecule has 0 saturated carbocycles. The lowest BCUT2D eigenvalue weighted by Gasteiger charge is -2.32. The van der Waals surface area contributed by atoms with Gasteiger partial charge >= 0.3 is 6.03 Å². The van der Waals surface area contributed by atoms with E-state index in [1.807, 2.05) is 30.3 Å². The minimum absolute atomic E-state index is 0.139. The molecule has 1 unspecified atom stereocenters. The first-order chi connectivity index (χ1) is 13.4. The van der Waals surface area contributed by atoms with E-state index in [4.69, 9.17) is 0 Å². The molecule has 28 heavy (non-hydrogen) atoms. The Bertz CT molecular complexity index is 837. The highest BCUT2D eigenvalue weighted by Gasteiger charge is 2.28. The number of nitrogens with zero attached hydrogens (tertiary/aromatic N) is 1. The zero-order chi connectivity index (χ0) is 20.1. The van der Waals surface area contributed by atoms with Gasteiger partial charge in [0.05, 0.1) is 6.04 Å². The fourth-order valence-corrected chi connectivity index (χ4v) is 3.27. The van der Waals surface area contributed by atoms with E-state index < -0.39 is 17.7 Å². The molecule has 3 rings (SSSR count). The molecule has 0 aliphatic carbocycles. The number of piperidine rings is 1. The lowest BCUT2D eigenvalue weighted by molar-refractivity contribution is -0.126. The molecule has 7 heteroatoms. The smallest absolute Gasteiger partial charge is 0.321 e. The summed E-state index contributed by atoms with van der Waals surface area (Å²) in [5, 5.41) is 5.69. The summed E-state index contributed by atoms with van der Waals surface area (Å²) in [5.74, 6) is -2.20. The van der Waals surface area contributed by atoms with Crippen molar-refractivity contribution in [1.82, 2.24) is 10.2 Å². The van der Waals surface area contributed by atoms with Crippen molar-refractivity contribution in [1.29, 1.82) is 0 Å². The highest BCUT2D eigenvalue weighted by molar-refractivity contribution is 5.89. The van der Waals surface area contributed by atoms with Gasteiger partial charge in [0.1, 0.15) is 0 Å². The third kappa shape index (κ3) is 4.85. The number of rotatable bonds is 4. The largest absolute Gasteiger partial charge is 0.349 e. The van der Waals surface area contributed by atoms with Crippen LogP contribution in [0.15, 0.2) is 48.5 Å². The van der Waals surface area contributed by atoms with Crippen molar-refractivity contribution in [2.45, 2.75) is 25.8 Å². The van der Waals surface area contributed by atoms with Crippen molar-refractivity contribution in [3.05, 3.63) is 65.7 Å². The Morgan fingerprint density at radius 3 is 2.36 bits per heavy atom. The van der Waals surface area contributed by atoms with Crippen LogP contribution in [0.25, 0.3) is 0 Å². The van der Waals surface area contributed by atoms with Crippen molar-refractivity contribution >= 4 is 17.6 Å². The molecular weight excluding hydrogens is 364 g/mol. The van der Waals surface area contributed by atoms with Crippen molar-refractivity contribution in [2.75, 3.05) is 18.4 Å². The molecule has 0 aromatic heterocycles. The van der Waals surface area contributed by atoms with Gasteiger partial charge in [-0.25, -0.2) is 13.6 Å². The number of anilines is 1. The number of carbonyl (C=O) groups is 2. The maximum Gasteiger partial charge on any atom is 0.321 e. The van der Waals surface area contributed by atoms with E-state index >= 15 is 0 Å². The molecule has 0 spiro atoms. The third-order valence-corrected chi connectivity index (χ3v) is 4.98. The molecule has 1 aliphatic heterocycles. The van der Waals surface area contributed by atoms with Gasteiger partial charge in [-0.05, 0) is 49.6 Å². The predicted octanol–water partition coefficient (Wildman–Crippen LogP) is 4.09. The van der Waals surface area contributed by atoms with Gasteiger partial charge in [0.25, 0.3) is 0 Å². The van der Waals surface area contributed by atoms with Crippen molar-refractivity contribution < 1.29 is 18.4 Å². The average Bonchev–Trinajstić information content (AvgIpc) is 2.70. The monoisotopic (exact) mass is 387 g/mol. The van der Waals surface area contributed by atoms with Gasteiger partial charge < -0.3 is 15.5 Å². The summed E-state index contributed by atoms with van der Waals surface area (Å²) in [5.41, 5.74) is 1.24. The van der Waals surface area contributed by atoms with E-state index in [-0.39, 0.29) is 17.9 Å². The van der Waals surface area contributed by atoms with E-state index in [9.17, 15) is 18.4 Å². The second-order valence-corrected chi connectivity index (χ2v) is 6.96. The summed E-state index contributed by atoms with van der Waals surface area (Å²) in [6.07, 6.45) is 1.11. The number of halogens is 2. The van der Waals surface area contributed by atoms with Gasteiger partial charge in [0, 0.05) is 24.7 Å². The molecule has 1 heterocycles. The number of urea groups is 1. The van der Waals surface area contributed by atoms with E-state index in [2.05, 4.69) is 10.6 Å². The van der Waals surface area contributed by atoms with Crippen LogP contribution in [0.3, 0.4) is 0 Å². The Morgan fingerprint density at radius 1 is 1.04 bits per heavy atom. The average molecular weight is 387 g/mol. The van der Waals surface area contributed by atoms with Crippen LogP contribution in [0.5, 0.6) is 0 Å². The molecular formula is C21H23F2N3O2. The molecule has 2 aromatic rings. The van der Waals surface area contributed by atoms with Gasteiger partial charge in [-0.3, -0.25) is 4.79 Å². The number of amides is 3. The summed E-state index contributed by atoms with van der Waals surface area (Å²) in [6.45, 7) is 2.69. The molecule has 2 N–H and O–H groups in total. The Hall–Kier alpha value is -2.96. The summed E-state index contributed by atoms with van der Waals surface area (Å²) >= 11 is 0. The van der Waals surface area contributed by atoms with E-state index in [0.29, 0.717) is 31.5 Å². The molecule has 1 aliphatic rings. The minimum atomic E-state index is -0.934. The molecule has 0 bridgehead atoms. The van der Waals surface area contributed by atoms with Gasteiger partial charge in [0.2, 0.25) is 5.91 Å². The van der Waals surface area contributed by atoms with Crippen LogP contribution in [0.1, 0.15) is 31.4 Å². The van der Waals surface area contributed by atoms with Crippen molar-refractivity contribution in [3.63, 3.8) is 0 Å². The van der Waals surface area contributed by atoms with Crippen molar-refractivity contribution in [2.24, 2.45) is 5.92 Å². The Labute approximate surface area is 162 Å². The summed E-state index contributed by atoms with van der Waals surface area (Å²) in [4.78, 5) is 26.5. The number of para-hydroxylation sites is 1. The summed E-state index contributed by atoms with van der Waals surface area (Å²) < 4.78 is 26.4. The zero-order valence-corrected chi connectivity index (χ0v) is 15.6. The molecule has 2 aromatic carbocycles. The van der Waals surface area contributed by atoms with Crippen LogP contribution >= 0.6 is 0 Å². The number of benzene rings is 2. The van der Waals surface area contributed by atoms with Crippen LogP contribution in [-0.4, -0.2) is 29.9 Å². The van der Waals surface area contributed by atoms with Crippen molar-refractivity contribution in [3.8, 4) is 0 Å². The number of likely N-dealkylation sites (tertiary alicyclic amines) is 1. The van der Waals surface area contributed by atoms with Gasteiger partial charge in [-0.15, -0.1) is 0 Å². The maximum absolute atomic E-state index is 13.4. The normalized spacial score (nSPS) is 15.8. The second-order valence-electron chi connectivity index (χ2n) is 6.96. The SMILES string of the molecule is CC(NC(=O)C1CCN(C(=O)Nc2ccccc2)CC1)c1ccc(F)c(F)c1. The van der Waals surface area contributed by atoms with Crippen LogP contribution in [0, 0.1) is 17.6 Å². The second kappa shape index (κ2) is 8.82. The zero-order valence-electron chi connectivity index (χ0n) is 15.6. The lowest BCUT2D eigenvalue weighted by atomic mass is 9.95. The first-order valence-electron chi connectivity index (χ1n) is 9.30. The number of hydrogen-bond donors (Lipinski definition) is 2. The first-order valence-corrected chi connectivity index (χ1v) is 9.30. The number of carbonyl (C=O) groups excluding carboxylic acids is 2.